The molecule has 0 spiro atoms. The zero-order chi connectivity index (χ0) is 24.4. The first kappa shape index (κ1) is 27.2. The summed E-state index contributed by atoms with van der Waals surface area (Å²) in [5, 5.41) is 1.39. The summed E-state index contributed by atoms with van der Waals surface area (Å²) >= 11 is 12.6. The molecule has 33 heavy (non-hydrogen) atoms. The molecule has 0 amide bonds. The number of ether oxygens (including phenoxy) is 1. The number of pyridine rings is 1. The SMILES string of the molecule is C=C.CC.COC(=O)C1CCN(Cc2ccc(C3CN(c4c(Cl)cccc4Cl)C3)cn2)CC1. The van der Waals surface area contributed by atoms with Crippen molar-refractivity contribution in [2.75, 3.05) is 38.2 Å². The molecule has 3 heterocycles. The number of hydrogen-bond donors (Lipinski definition) is 0. The number of carbonyl (C=O) groups is 1. The number of para-hydroxylation sites is 1. The molecule has 2 aliphatic heterocycles. The van der Waals surface area contributed by atoms with Gasteiger partial charge < -0.3 is 9.64 Å². The second kappa shape index (κ2) is 13.6. The van der Waals surface area contributed by atoms with Crippen molar-refractivity contribution in [1.82, 2.24) is 9.88 Å². The van der Waals surface area contributed by atoms with Gasteiger partial charge in [-0.3, -0.25) is 14.7 Å². The first-order valence-corrected chi connectivity index (χ1v) is 12.2. The quantitative estimate of drug-likeness (QED) is 0.367. The minimum Gasteiger partial charge on any atom is -0.469 e. The number of carbonyl (C=O) groups excluding carboxylic acids is 1. The third-order valence-corrected chi connectivity index (χ3v) is 6.57. The number of piperidine rings is 1. The normalized spacial score (nSPS) is 16.6. The Morgan fingerprint density at radius 1 is 1.09 bits per heavy atom. The minimum absolute atomic E-state index is 0.0415. The Labute approximate surface area is 208 Å². The summed E-state index contributed by atoms with van der Waals surface area (Å²) in [6, 6.07) is 9.92. The Morgan fingerprint density at radius 3 is 2.21 bits per heavy atom. The fourth-order valence-corrected chi connectivity index (χ4v) is 4.79. The molecular weight excluding hydrogens is 457 g/mol. The zero-order valence-corrected chi connectivity index (χ0v) is 21.4. The molecular formula is C26H35Cl2N3O2. The van der Waals surface area contributed by atoms with Gasteiger partial charge in [-0.05, 0) is 49.7 Å². The molecule has 0 bridgehead atoms. The summed E-state index contributed by atoms with van der Waals surface area (Å²) < 4.78 is 4.86. The third-order valence-electron chi connectivity index (χ3n) is 5.96. The number of nitrogens with zero attached hydrogens (tertiary/aromatic N) is 3. The summed E-state index contributed by atoms with van der Waals surface area (Å²) in [6.07, 6.45) is 3.70. The first-order chi connectivity index (χ1) is 16.0. The second-order valence-electron chi connectivity index (χ2n) is 7.83. The largest absolute Gasteiger partial charge is 0.469 e. The fraction of sp³-hybridized carbons (Fsp3) is 0.462. The van der Waals surface area contributed by atoms with E-state index in [0.29, 0.717) is 16.0 Å². The average Bonchev–Trinajstić information content (AvgIpc) is 2.83. The molecule has 4 rings (SSSR count). The van der Waals surface area contributed by atoms with Crippen LogP contribution in [0.2, 0.25) is 10.0 Å². The molecule has 0 unspecified atom stereocenters. The zero-order valence-electron chi connectivity index (χ0n) is 19.9. The van der Waals surface area contributed by atoms with Crippen LogP contribution in [0.3, 0.4) is 0 Å². The van der Waals surface area contributed by atoms with Gasteiger partial charge in [0.2, 0.25) is 0 Å². The number of benzene rings is 1. The van der Waals surface area contributed by atoms with E-state index in [4.69, 9.17) is 27.9 Å². The number of anilines is 1. The molecule has 1 aromatic carbocycles. The predicted octanol–water partition coefficient (Wildman–Crippen LogP) is 6.21. The number of esters is 1. The van der Waals surface area contributed by atoms with Gasteiger partial charge in [0, 0.05) is 31.7 Å². The molecule has 1 aromatic heterocycles. The van der Waals surface area contributed by atoms with Gasteiger partial charge in [-0.25, -0.2) is 0 Å². The van der Waals surface area contributed by atoms with Crippen molar-refractivity contribution in [2.45, 2.75) is 39.2 Å². The molecule has 5 nitrogen and oxygen atoms in total. The summed E-state index contributed by atoms with van der Waals surface area (Å²) in [5.41, 5.74) is 3.24. The lowest BCUT2D eigenvalue weighted by Crippen LogP contribution is -2.45. The van der Waals surface area contributed by atoms with Crippen LogP contribution in [-0.4, -0.2) is 49.1 Å². The lowest BCUT2D eigenvalue weighted by atomic mass is 9.92. The van der Waals surface area contributed by atoms with E-state index in [9.17, 15) is 4.79 Å². The van der Waals surface area contributed by atoms with Crippen molar-refractivity contribution < 1.29 is 9.53 Å². The lowest BCUT2D eigenvalue weighted by Gasteiger charge is -2.42. The van der Waals surface area contributed by atoms with Crippen molar-refractivity contribution in [1.29, 1.82) is 0 Å². The van der Waals surface area contributed by atoms with E-state index in [1.807, 2.05) is 38.2 Å². The van der Waals surface area contributed by atoms with Gasteiger partial charge in [0.05, 0.1) is 34.5 Å². The molecule has 180 valence electrons. The topological polar surface area (TPSA) is 45.7 Å². The summed E-state index contributed by atoms with van der Waals surface area (Å²) in [4.78, 5) is 20.9. The molecule has 0 atom stereocenters. The highest BCUT2D eigenvalue weighted by atomic mass is 35.5. The van der Waals surface area contributed by atoms with Crippen LogP contribution >= 0.6 is 23.2 Å². The first-order valence-electron chi connectivity index (χ1n) is 11.5. The van der Waals surface area contributed by atoms with Gasteiger partial charge in [-0.1, -0.05) is 49.2 Å². The highest BCUT2D eigenvalue weighted by Crippen LogP contribution is 2.39. The summed E-state index contributed by atoms with van der Waals surface area (Å²) in [5.74, 6) is 0.402. The van der Waals surface area contributed by atoms with Gasteiger partial charge in [0.15, 0.2) is 0 Å². The molecule has 0 aliphatic carbocycles. The maximum Gasteiger partial charge on any atom is 0.308 e. The molecule has 0 saturated carbocycles. The number of likely N-dealkylation sites (tertiary alicyclic amines) is 1. The Hall–Kier alpha value is -2.08. The van der Waals surface area contributed by atoms with Crippen LogP contribution in [0.15, 0.2) is 49.7 Å². The van der Waals surface area contributed by atoms with Crippen LogP contribution in [0.5, 0.6) is 0 Å². The summed E-state index contributed by atoms with van der Waals surface area (Å²) in [7, 11) is 1.46. The highest BCUT2D eigenvalue weighted by Gasteiger charge is 2.31. The number of aromatic nitrogens is 1. The summed E-state index contributed by atoms with van der Waals surface area (Å²) in [6.45, 7) is 14.4. The van der Waals surface area contributed by atoms with E-state index in [2.05, 4.69) is 40.1 Å². The maximum absolute atomic E-state index is 11.6. The van der Waals surface area contributed by atoms with Crippen LogP contribution in [0.1, 0.15) is 43.9 Å². The van der Waals surface area contributed by atoms with E-state index in [1.54, 1.807) is 0 Å². The van der Waals surface area contributed by atoms with Gasteiger partial charge in [0.1, 0.15) is 0 Å². The minimum atomic E-state index is -0.0836. The Kier molecular flexibility index (Phi) is 11.2. The lowest BCUT2D eigenvalue weighted by molar-refractivity contribution is -0.147. The van der Waals surface area contributed by atoms with E-state index >= 15 is 0 Å². The molecule has 2 aromatic rings. The monoisotopic (exact) mass is 491 g/mol. The van der Waals surface area contributed by atoms with Gasteiger partial charge in [0.25, 0.3) is 0 Å². The standard InChI is InChI=1S/C22H25Cl2N3O2.C2H6.C2H4/c1-29-22(28)15-7-9-26(10-8-15)14-18-6-5-16(11-25-18)17-12-27(13-17)21-19(23)3-2-4-20(21)24;2*1-2/h2-6,11,15,17H,7-10,12-14H2,1H3;1-2H3;1-2H2. The van der Waals surface area contributed by atoms with E-state index in [-0.39, 0.29) is 11.9 Å². The van der Waals surface area contributed by atoms with E-state index < -0.39 is 0 Å². The molecule has 2 aliphatic rings. The Morgan fingerprint density at radius 2 is 1.70 bits per heavy atom. The van der Waals surface area contributed by atoms with Crippen molar-refractivity contribution >= 4 is 34.9 Å². The molecule has 2 fully saturated rings. The number of methoxy groups -OCH3 is 1. The molecule has 2 saturated heterocycles. The molecule has 7 heteroatoms. The van der Waals surface area contributed by atoms with Crippen molar-refractivity contribution in [3.63, 3.8) is 0 Å². The van der Waals surface area contributed by atoms with Crippen LogP contribution in [0, 0.1) is 5.92 Å². The maximum atomic E-state index is 11.6. The second-order valence-corrected chi connectivity index (χ2v) is 8.64. The van der Waals surface area contributed by atoms with Crippen LogP contribution in [0.4, 0.5) is 5.69 Å². The van der Waals surface area contributed by atoms with E-state index in [0.717, 1.165) is 56.9 Å². The van der Waals surface area contributed by atoms with Crippen molar-refractivity contribution in [3.05, 3.63) is 71.0 Å². The van der Waals surface area contributed by atoms with Crippen LogP contribution in [-0.2, 0) is 16.1 Å². The van der Waals surface area contributed by atoms with Crippen molar-refractivity contribution in [3.8, 4) is 0 Å². The number of halogens is 2. The number of hydrogen-bond acceptors (Lipinski definition) is 5. The average molecular weight is 492 g/mol. The fourth-order valence-electron chi connectivity index (χ4n) is 4.16. The van der Waals surface area contributed by atoms with Crippen molar-refractivity contribution in [2.24, 2.45) is 5.92 Å². The van der Waals surface area contributed by atoms with Gasteiger partial charge >= 0.3 is 5.97 Å². The predicted molar refractivity (Wildman–Crippen MR) is 138 cm³/mol. The van der Waals surface area contributed by atoms with Crippen LogP contribution < -0.4 is 4.90 Å². The van der Waals surface area contributed by atoms with E-state index in [1.165, 1.54) is 12.7 Å². The smallest absolute Gasteiger partial charge is 0.308 e. The Bertz CT molecular complexity index is 857. The van der Waals surface area contributed by atoms with Gasteiger partial charge in [-0.2, -0.15) is 0 Å². The van der Waals surface area contributed by atoms with Crippen LogP contribution in [0.25, 0.3) is 0 Å². The Balaban J connectivity index is 0.000000914. The molecule has 0 radical (unpaired) electrons. The third kappa shape index (κ3) is 6.95. The molecule has 0 N–H and O–H groups in total. The number of rotatable bonds is 5. The van der Waals surface area contributed by atoms with Gasteiger partial charge in [-0.15, -0.1) is 13.2 Å². The highest BCUT2D eigenvalue weighted by molar-refractivity contribution is 6.39.